The lowest BCUT2D eigenvalue weighted by molar-refractivity contribution is 0.788. The Labute approximate surface area is 124 Å². The molecule has 3 aromatic rings. The number of nitrogens with zero attached hydrogens (tertiary/aromatic N) is 7. The average Bonchev–Trinajstić information content (AvgIpc) is 2.90. The van der Waals surface area contributed by atoms with Crippen LogP contribution in [-0.4, -0.2) is 29.9 Å². The van der Waals surface area contributed by atoms with Crippen LogP contribution in [0.2, 0.25) is 0 Å². The molecular formula is C13H9N7S. The van der Waals surface area contributed by atoms with E-state index in [0.29, 0.717) is 16.0 Å². The largest absolute Gasteiger partial charge is 0.304 e. The normalized spacial score (nSPS) is 10.3. The second-order valence-electron chi connectivity index (χ2n) is 4.05. The van der Waals surface area contributed by atoms with E-state index in [9.17, 15) is 0 Å². The van der Waals surface area contributed by atoms with E-state index in [1.807, 2.05) is 35.9 Å². The van der Waals surface area contributed by atoms with Gasteiger partial charge >= 0.3 is 0 Å². The van der Waals surface area contributed by atoms with Crippen molar-refractivity contribution in [3.05, 3.63) is 42.2 Å². The standard InChI is InChI=1S/C13H9N7S/c1-20-12(10-4-2-3-7-15-10)18-19-13(20)21-11-6-5-9(8-14)16-17-11/h2-7H,1H3. The van der Waals surface area contributed by atoms with E-state index >= 15 is 0 Å². The van der Waals surface area contributed by atoms with E-state index in [2.05, 4.69) is 25.4 Å². The zero-order valence-corrected chi connectivity index (χ0v) is 11.8. The van der Waals surface area contributed by atoms with Gasteiger partial charge in [-0.25, -0.2) is 0 Å². The van der Waals surface area contributed by atoms with Crippen LogP contribution >= 0.6 is 11.8 Å². The first-order chi connectivity index (χ1) is 10.3. The molecule has 8 heteroatoms. The Hall–Kier alpha value is -2.79. The number of pyridine rings is 1. The van der Waals surface area contributed by atoms with Gasteiger partial charge in [-0.2, -0.15) is 5.26 Å². The molecule has 102 valence electrons. The van der Waals surface area contributed by atoms with Crippen LogP contribution in [-0.2, 0) is 7.05 Å². The smallest absolute Gasteiger partial charge is 0.197 e. The van der Waals surface area contributed by atoms with Crippen molar-refractivity contribution < 1.29 is 0 Å². The summed E-state index contributed by atoms with van der Waals surface area (Å²) in [5.74, 6) is 0.680. The first kappa shape index (κ1) is 13.2. The summed E-state index contributed by atoms with van der Waals surface area (Å²) in [6.45, 7) is 0. The van der Waals surface area contributed by atoms with Crippen LogP contribution in [0, 0.1) is 11.3 Å². The van der Waals surface area contributed by atoms with Crippen molar-refractivity contribution in [2.45, 2.75) is 10.2 Å². The minimum atomic E-state index is 0.284. The van der Waals surface area contributed by atoms with Crippen molar-refractivity contribution >= 4 is 11.8 Å². The summed E-state index contributed by atoms with van der Waals surface area (Å²) < 4.78 is 1.84. The molecule has 3 aromatic heterocycles. The van der Waals surface area contributed by atoms with Gasteiger partial charge in [0.05, 0.1) is 0 Å². The second kappa shape index (κ2) is 5.68. The molecule has 21 heavy (non-hydrogen) atoms. The quantitative estimate of drug-likeness (QED) is 0.725. The topological polar surface area (TPSA) is 93.2 Å². The maximum absolute atomic E-state index is 8.70. The van der Waals surface area contributed by atoms with E-state index in [0.717, 1.165) is 5.69 Å². The lowest BCUT2D eigenvalue weighted by Gasteiger charge is -2.02. The maximum atomic E-state index is 8.70. The van der Waals surface area contributed by atoms with E-state index < -0.39 is 0 Å². The van der Waals surface area contributed by atoms with Crippen LogP contribution in [0.5, 0.6) is 0 Å². The Morgan fingerprint density at radius 2 is 2.00 bits per heavy atom. The molecule has 0 saturated carbocycles. The molecule has 0 atom stereocenters. The highest BCUT2D eigenvalue weighted by molar-refractivity contribution is 7.99. The first-order valence-corrected chi connectivity index (χ1v) is 6.82. The molecule has 0 aliphatic rings. The lowest BCUT2D eigenvalue weighted by atomic mass is 10.3. The predicted octanol–water partition coefficient (Wildman–Crippen LogP) is 1.69. The van der Waals surface area contributed by atoms with E-state index in [1.165, 1.54) is 11.8 Å². The highest BCUT2D eigenvalue weighted by Gasteiger charge is 2.13. The molecule has 0 aromatic carbocycles. The highest BCUT2D eigenvalue weighted by Crippen LogP contribution is 2.26. The van der Waals surface area contributed by atoms with Crippen molar-refractivity contribution in [2.75, 3.05) is 0 Å². The zero-order valence-electron chi connectivity index (χ0n) is 11.0. The van der Waals surface area contributed by atoms with Crippen molar-refractivity contribution in [3.8, 4) is 17.6 Å². The molecule has 7 nitrogen and oxygen atoms in total. The summed E-state index contributed by atoms with van der Waals surface area (Å²) >= 11 is 1.33. The van der Waals surface area contributed by atoms with Crippen LogP contribution in [0.15, 0.2) is 46.7 Å². The van der Waals surface area contributed by atoms with Crippen molar-refractivity contribution in [1.82, 2.24) is 29.9 Å². The third-order valence-corrected chi connectivity index (χ3v) is 3.64. The van der Waals surface area contributed by atoms with Gasteiger partial charge in [-0.15, -0.1) is 20.4 Å². The highest BCUT2D eigenvalue weighted by atomic mass is 32.2. The Kier molecular flexibility index (Phi) is 3.57. The molecule has 0 aliphatic heterocycles. The van der Waals surface area contributed by atoms with Crippen LogP contribution < -0.4 is 0 Å². The summed E-state index contributed by atoms with van der Waals surface area (Å²) in [7, 11) is 1.86. The monoisotopic (exact) mass is 295 g/mol. The molecule has 0 saturated heterocycles. The summed E-state index contributed by atoms with van der Waals surface area (Å²) in [4.78, 5) is 4.26. The molecule has 3 rings (SSSR count). The number of aromatic nitrogens is 6. The number of rotatable bonds is 3. The number of hydrogen-bond acceptors (Lipinski definition) is 7. The van der Waals surface area contributed by atoms with Crippen molar-refractivity contribution in [1.29, 1.82) is 5.26 Å². The Morgan fingerprint density at radius 1 is 1.10 bits per heavy atom. The summed E-state index contributed by atoms with van der Waals surface area (Å²) in [6, 6.07) is 10.9. The Balaban J connectivity index is 1.87. The predicted molar refractivity (Wildman–Crippen MR) is 75.1 cm³/mol. The van der Waals surface area contributed by atoms with Gasteiger partial charge in [-0.05, 0) is 36.0 Å². The van der Waals surface area contributed by atoms with E-state index in [4.69, 9.17) is 5.26 Å². The summed E-state index contributed by atoms with van der Waals surface area (Å²) in [6.07, 6.45) is 1.71. The van der Waals surface area contributed by atoms with Gasteiger partial charge in [0.15, 0.2) is 16.7 Å². The molecule has 0 amide bonds. The minimum absolute atomic E-state index is 0.284. The van der Waals surface area contributed by atoms with Gasteiger partial charge in [0.2, 0.25) is 0 Å². The second-order valence-corrected chi connectivity index (χ2v) is 5.04. The van der Waals surface area contributed by atoms with Crippen molar-refractivity contribution in [2.24, 2.45) is 7.05 Å². The molecule has 0 bridgehead atoms. The molecule has 0 spiro atoms. The SMILES string of the molecule is Cn1c(Sc2ccc(C#N)nn2)nnc1-c1ccccn1. The number of nitriles is 1. The molecular weight excluding hydrogens is 286 g/mol. The summed E-state index contributed by atoms with van der Waals surface area (Å²) in [5.41, 5.74) is 1.04. The fourth-order valence-corrected chi connectivity index (χ4v) is 2.36. The van der Waals surface area contributed by atoms with Crippen molar-refractivity contribution in [3.63, 3.8) is 0 Å². The third kappa shape index (κ3) is 2.73. The van der Waals surface area contributed by atoms with Gasteiger partial charge < -0.3 is 4.57 Å². The van der Waals surface area contributed by atoms with Gasteiger partial charge in [0.25, 0.3) is 0 Å². The average molecular weight is 295 g/mol. The molecule has 0 aliphatic carbocycles. The first-order valence-electron chi connectivity index (χ1n) is 6.00. The Bertz CT molecular complexity index is 790. The van der Waals surface area contributed by atoms with Gasteiger partial charge in [-0.3, -0.25) is 4.98 Å². The number of hydrogen-bond donors (Lipinski definition) is 0. The van der Waals surface area contributed by atoms with Gasteiger partial charge in [0.1, 0.15) is 16.8 Å². The van der Waals surface area contributed by atoms with Crippen LogP contribution in [0.25, 0.3) is 11.5 Å². The minimum Gasteiger partial charge on any atom is -0.304 e. The molecule has 0 unspecified atom stereocenters. The maximum Gasteiger partial charge on any atom is 0.197 e. The molecule has 0 fully saturated rings. The lowest BCUT2D eigenvalue weighted by Crippen LogP contribution is -1.96. The third-order valence-electron chi connectivity index (χ3n) is 2.68. The fourth-order valence-electron chi connectivity index (χ4n) is 1.65. The van der Waals surface area contributed by atoms with E-state index in [1.54, 1.807) is 18.3 Å². The van der Waals surface area contributed by atoms with Crippen LogP contribution in [0.4, 0.5) is 0 Å². The molecule has 0 radical (unpaired) electrons. The fraction of sp³-hybridized carbons (Fsp3) is 0.0769. The Morgan fingerprint density at radius 3 is 2.67 bits per heavy atom. The van der Waals surface area contributed by atoms with E-state index in [-0.39, 0.29) is 5.69 Å². The summed E-state index contributed by atoms with van der Waals surface area (Å²) in [5, 5.41) is 26.1. The van der Waals surface area contributed by atoms with Crippen LogP contribution in [0.3, 0.4) is 0 Å². The molecule has 3 heterocycles. The molecule has 0 N–H and O–H groups in total. The van der Waals surface area contributed by atoms with Gasteiger partial charge in [0, 0.05) is 13.2 Å². The van der Waals surface area contributed by atoms with Crippen LogP contribution in [0.1, 0.15) is 5.69 Å². The van der Waals surface area contributed by atoms with Gasteiger partial charge in [-0.1, -0.05) is 6.07 Å². The zero-order chi connectivity index (χ0) is 14.7.